The number of rotatable bonds is 4. The number of nitrogens with zero attached hydrogens (tertiary/aromatic N) is 1. The minimum atomic E-state index is -1.09. The van der Waals surface area contributed by atoms with Crippen LogP contribution < -0.4 is 5.73 Å². The number of carbonyl (C=O) groups is 1. The number of hydrogen-bond donors (Lipinski definition) is 2. The van der Waals surface area contributed by atoms with E-state index in [1.54, 1.807) is 6.08 Å². The predicted molar refractivity (Wildman–Crippen MR) is 71.0 cm³/mol. The normalized spacial score (nSPS) is 24.1. The van der Waals surface area contributed by atoms with Gasteiger partial charge in [0.1, 0.15) is 5.54 Å². The number of carboxylic acid groups (broad SMARTS) is 1. The van der Waals surface area contributed by atoms with Crippen LogP contribution in [0.1, 0.15) is 17.5 Å². The van der Waals surface area contributed by atoms with Gasteiger partial charge in [-0.3, -0.25) is 9.69 Å². The van der Waals surface area contributed by atoms with Crippen LogP contribution in [0.2, 0.25) is 0 Å². The highest BCUT2D eigenvalue weighted by Gasteiger charge is 2.40. The van der Waals surface area contributed by atoms with Gasteiger partial charge in [-0.1, -0.05) is 36.9 Å². The minimum Gasteiger partial charge on any atom is -0.480 e. The second kappa shape index (κ2) is 4.92. The van der Waals surface area contributed by atoms with E-state index >= 15 is 0 Å². The molecule has 1 aromatic carbocycles. The lowest BCUT2D eigenvalue weighted by Gasteiger charge is -2.20. The maximum absolute atomic E-state index is 11.1. The van der Waals surface area contributed by atoms with Crippen molar-refractivity contribution in [1.29, 1.82) is 0 Å². The summed E-state index contributed by atoms with van der Waals surface area (Å²) in [4.78, 5) is 13.1. The lowest BCUT2D eigenvalue weighted by atomic mass is 10.0. The smallest absolute Gasteiger partial charge is 0.325 e. The molecule has 0 aromatic heterocycles. The molecule has 96 valence electrons. The molecule has 2 rings (SSSR count). The number of aliphatic carboxylic acids is 1. The molecule has 1 aromatic rings. The molecule has 0 bridgehead atoms. The van der Waals surface area contributed by atoms with Crippen LogP contribution in [-0.2, 0) is 11.3 Å². The van der Waals surface area contributed by atoms with Crippen LogP contribution in [0.5, 0.6) is 0 Å². The zero-order valence-corrected chi connectivity index (χ0v) is 10.3. The van der Waals surface area contributed by atoms with E-state index in [1.807, 2.05) is 18.2 Å². The van der Waals surface area contributed by atoms with Crippen LogP contribution in [0, 0.1) is 0 Å². The fraction of sp³-hybridized carbons (Fsp3) is 0.357. The summed E-state index contributed by atoms with van der Waals surface area (Å²) in [5, 5.41) is 9.07. The van der Waals surface area contributed by atoms with Gasteiger partial charge in [0.25, 0.3) is 0 Å². The number of hydrogen-bond acceptors (Lipinski definition) is 3. The van der Waals surface area contributed by atoms with E-state index in [1.165, 1.54) is 0 Å². The molecule has 1 fully saturated rings. The first-order chi connectivity index (χ1) is 8.53. The highest BCUT2D eigenvalue weighted by molar-refractivity contribution is 5.79. The van der Waals surface area contributed by atoms with Gasteiger partial charge in [0.05, 0.1) is 0 Å². The van der Waals surface area contributed by atoms with Crippen LogP contribution in [0.15, 0.2) is 30.8 Å². The van der Waals surface area contributed by atoms with E-state index in [2.05, 4.69) is 17.5 Å². The lowest BCUT2D eigenvalue weighted by molar-refractivity contribution is -0.142. The molecule has 1 aliphatic heterocycles. The van der Waals surface area contributed by atoms with E-state index in [0.29, 0.717) is 13.0 Å². The standard InChI is InChI=1S/C14H18N2O2/c1-2-11-4-3-5-12(8-11)9-16-7-6-14(15,10-16)13(17)18/h2-5,8H,1,6-7,9-10,15H2,(H,17,18). The van der Waals surface area contributed by atoms with Crippen molar-refractivity contribution in [2.45, 2.75) is 18.5 Å². The highest BCUT2D eigenvalue weighted by atomic mass is 16.4. The van der Waals surface area contributed by atoms with E-state index in [-0.39, 0.29) is 0 Å². The average molecular weight is 246 g/mol. The average Bonchev–Trinajstić information content (AvgIpc) is 2.72. The largest absolute Gasteiger partial charge is 0.480 e. The summed E-state index contributed by atoms with van der Waals surface area (Å²) in [5.74, 6) is -0.912. The van der Waals surface area contributed by atoms with Crippen molar-refractivity contribution in [2.24, 2.45) is 5.73 Å². The first-order valence-electron chi connectivity index (χ1n) is 5.99. The molecule has 4 nitrogen and oxygen atoms in total. The van der Waals surface area contributed by atoms with E-state index in [9.17, 15) is 4.79 Å². The first kappa shape index (κ1) is 12.8. The van der Waals surface area contributed by atoms with Crippen LogP contribution in [0.4, 0.5) is 0 Å². The summed E-state index contributed by atoms with van der Waals surface area (Å²) in [6, 6.07) is 8.06. The van der Waals surface area contributed by atoms with Gasteiger partial charge in [0.2, 0.25) is 0 Å². The number of nitrogens with two attached hydrogens (primary N) is 1. The SMILES string of the molecule is C=Cc1cccc(CN2CCC(N)(C(=O)O)C2)c1. The summed E-state index contributed by atoms with van der Waals surface area (Å²) in [7, 11) is 0. The Labute approximate surface area is 107 Å². The quantitative estimate of drug-likeness (QED) is 0.840. The van der Waals surface area contributed by atoms with Gasteiger partial charge >= 0.3 is 5.97 Å². The van der Waals surface area contributed by atoms with Crippen LogP contribution in [0.3, 0.4) is 0 Å². The van der Waals surface area contributed by atoms with Crippen molar-refractivity contribution in [3.05, 3.63) is 42.0 Å². The lowest BCUT2D eigenvalue weighted by Crippen LogP contribution is -2.50. The molecule has 0 aliphatic carbocycles. The third-order valence-corrected chi connectivity index (χ3v) is 3.40. The van der Waals surface area contributed by atoms with Gasteiger partial charge in [0, 0.05) is 19.6 Å². The van der Waals surface area contributed by atoms with Gasteiger partial charge < -0.3 is 10.8 Å². The molecule has 1 unspecified atom stereocenters. The Morgan fingerprint density at radius 3 is 3.00 bits per heavy atom. The Morgan fingerprint density at radius 1 is 1.61 bits per heavy atom. The summed E-state index contributed by atoms with van der Waals surface area (Å²) < 4.78 is 0. The highest BCUT2D eigenvalue weighted by Crippen LogP contribution is 2.21. The topological polar surface area (TPSA) is 66.6 Å². The van der Waals surface area contributed by atoms with Crippen molar-refractivity contribution >= 4 is 12.0 Å². The molecule has 4 heteroatoms. The molecule has 18 heavy (non-hydrogen) atoms. The molecule has 1 heterocycles. The molecule has 0 saturated carbocycles. The Morgan fingerprint density at radius 2 is 2.39 bits per heavy atom. The summed E-state index contributed by atoms with van der Waals surface area (Å²) in [6.45, 7) is 5.60. The third kappa shape index (κ3) is 2.60. The first-order valence-corrected chi connectivity index (χ1v) is 5.99. The molecule has 1 atom stereocenters. The van der Waals surface area contributed by atoms with E-state index < -0.39 is 11.5 Å². The number of benzene rings is 1. The van der Waals surface area contributed by atoms with Crippen molar-refractivity contribution in [1.82, 2.24) is 4.90 Å². The Hall–Kier alpha value is -1.65. The summed E-state index contributed by atoms with van der Waals surface area (Å²) in [5.41, 5.74) is 6.99. The van der Waals surface area contributed by atoms with Crippen molar-refractivity contribution in [3.8, 4) is 0 Å². The minimum absolute atomic E-state index is 0.403. The zero-order valence-electron chi connectivity index (χ0n) is 10.3. The van der Waals surface area contributed by atoms with Gasteiger partial charge in [0.15, 0.2) is 0 Å². The Kier molecular flexibility index (Phi) is 3.50. The van der Waals surface area contributed by atoms with Crippen molar-refractivity contribution in [3.63, 3.8) is 0 Å². The van der Waals surface area contributed by atoms with Crippen LogP contribution in [-0.4, -0.2) is 34.6 Å². The summed E-state index contributed by atoms with van der Waals surface area (Å²) in [6.07, 6.45) is 2.31. The van der Waals surface area contributed by atoms with Crippen LogP contribution in [0.25, 0.3) is 6.08 Å². The monoisotopic (exact) mass is 246 g/mol. The number of likely N-dealkylation sites (tertiary alicyclic amines) is 1. The second-order valence-electron chi connectivity index (χ2n) is 4.87. The number of carboxylic acids is 1. The molecule has 0 amide bonds. The fourth-order valence-corrected chi connectivity index (χ4v) is 2.30. The molecular formula is C14H18N2O2. The fourth-order valence-electron chi connectivity index (χ4n) is 2.30. The molecule has 1 saturated heterocycles. The van der Waals surface area contributed by atoms with Gasteiger partial charge in [-0.2, -0.15) is 0 Å². The molecule has 1 aliphatic rings. The molecular weight excluding hydrogens is 228 g/mol. The molecule has 0 radical (unpaired) electrons. The van der Waals surface area contributed by atoms with Crippen LogP contribution >= 0.6 is 0 Å². The Balaban J connectivity index is 2.03. The zero-order chi connectivity index (χ0) is 13.2. The van der Waals surface area contributed by atoms with Crippen molar-refractivity contribution in [2.75, 3.05) is 13.1 Å². The van der Waals surface area contributed by atoms with Gasteiger partial charge in [-0.25, -0.2) is 0 Å². The summed E-state index contributed by atoms with van der Waals surface area (Å²) >= 11 is 0. The molecule has 3 N–H and O–H groups in total. The second-order valence-corrected chi connectivity index (χ2v) is 4.87. The van der Waals surface area contributed by atoms with Crippen molar-refractivity contribution < 1.29 is 9.90 Å². The maximum Gasteiger partial charge on any atom is 0.325 e. The van der Waals surface area contributed by atoms with E-state index in [0.717, 1.165) is 24.2 Å². The van der Waals surface area contributed by atoms with Gasteiger partial charge in [-0.15, -0.1) is 0 Å². The molecule has 0 spiro atoms. The van der Waals surface area contributed by atoms with Gasteiger partial charge in [-0.05, 0) is 17.5 Å². The van der Waals surface area contributed by atoms with E-state index in [4.69, 9.17) is 10.8 Å². The predicted octanol–water partition coefficient (Wildman–Crippen LogP) is 1.32. The third-order valence-electron chi connectivity index (χ3n) is 3.40. The maximum atomic E-state index is 11.1. The Bertz CT molecular complexity index is 473.